The van der Waals surface area contributed by atoms with Gasteiger partial charge in [0, 0.05) is 18.1 Å². The van der Waals surface area contributed by atoms with E-state index in [-0.39, 0.29) is 0 Å². The number of nitrogens with one attached hydrogen (secondary N) is 1. The minimum absolute atomic E-state index is 0.732. The van der Waals surface area contributed by atoms with E-state index in [4.69, 9.17) is 16.3 Å². The smallest absolute Gasteiger partial charge is 0.142 e. The van der Waals surface area contributed by atoms with Gasteiger partial charge >= 0.3 is 0 Å². The van der Waals surface area contributed by atoms with Crippen molar-refractivity contribution >= 4 is 17.3 Å². The number of halogens is 1. The lowest BCUT2D eigenvalue weighted by Crippen LogP contribution is -2.36. The van der Waals surface area contributed by atoms with E-state index in [1.165, 1.54) is 25.9 Å². The van der Waals surface area contributed by atoms with Crippen LogP contribution in [0, 0.1) is 5.92 Å². The normalized spacial score (nSPS) is 17.4. The van der Waals surface area contributed by atoms with E-state index in [9.17, 15) is 0 Å². The van der Waals surface area contributed by atoms with Crippen molar-refractivity contribution in [3.05, 3.63) is 23.2 Å². The highest BCUT2D eigenvalue weighted by Crippen LogP contribution is 2.27. The highest BCUT2D eigenvalue weighted by Gasteiger charge is 2.15. The average molecular weight is 283 g/mol. The van der Waals surface area contributed by atoms with Gasteiger partial charge in [0.05, 0.1) is 12.8 Å². The fourth-order valence-corrected chi connectivity index (χ4v) is 2.62. The van der Waals surface area contributed by atoms with E-state index in [0.717, 1.165) is 35.5 Å². The monoisotopic (exact) mass is 282 g/mol. The first-order valence-corrected chi connectivity index (χ1v) is 7.36. The Labute approximate surface area is 120 Å². The van der Waals surface area contributed by atoms with Crippen LogP contribution < -0.4 is 10.1 Å². The summed E-state index contributed by atoms with van der Waals surface area (Å²) in [6, 6.07) is 5.66. The summed E-state index contributed by atoms with van der Waals surface area (Å²) in [6.07, 6.45) is 2.64. The molecule has 4 heteroatoms. The summed E-state index contributed by atoms with van der Waals surface area (Å²) in [5.74, 6) is 1.73. The van der Waals surface area contributed by atoms with Crippen molar-refractivity contribution < 1.29 is 4.74 Å². The number of rotatable bonds is 5. The number of methoxy groups -OCH3 is 1. The van der Waals surface area contributed by atoms with Gasteiger partial charge in [-0.15, -0.1) is 0 Å². The Hall–Kier alpha value is -0.930. The summed E-state index contributed by atoms with van der Waals surface area (Å²) in [5, 5.41) is 4.14. The van der Waals surface area contributed by atoms with Gasteiger partial charge in [0.2, 0.25) is 0 Å². The third kappa shape index (κ3) is 4.29. The number of benzene rings is 1. The van der Waals surface area contributed by atoms with Crippen molar-refractivity contribution in [3.63, 3.8) is 0 Å². The summed E-state index contributed by atoms with van der Waals surface area (Å²) in [7, 11) is 1.68. The highest BCUT2D eigenvalue weighted by molar-refractivity contribution is 6.30. The van der Waals surface area contributed by atoms with Crippen molar-refractivity contribution in [2.45, 2.75) is 19.8 Å². The quantitative estimate of drug-likeness (QED) is 0.895. The molecule has 3 nitrogen and oxygen atoms in total. The fraction of sp³-hybridized carbons (Fsp3) is 0.600. The van der Waals surface area contributed by atoms with E-state index >= 15 is 0 Å². The van der Waals surface area contributed by atoms with E-state index in [1.807, 2.05) is 18.2 Å². The average Bonchev–Trinajstić information content (AvgIpc) is 2.41. The second-order valence-corrected chi connectivity index (χ2v) is 5.73. The van der Waals surface area contributed by atoms with Gasteiger partial charge in [0.25, 0.3) is 0 Å². The number of anilines is 1. The maximum absolute atomic E-state index is 6.01. The van der Waals surface area contributed by atoms with Gasteiger partial charge in [-0.2, -0.15) is 0 Å². The molecule has 0 radical (unpaired) electrons. The van der Waals surface area contributed by atoms with Gasteiger partial charge in [0.15, 0.2) is 0 Å². The third-order valence-electron chi connectivity index (χ3n) is 3.78. The van der Waals surface area contributed by atoms with Crippen LogP contribution in [-0.2, 0) is 0 Å². The molecule has 0 aromatic heterocycles. The molecule has 1 aromatic carbocycles. The van der Waals surface area contributed by atoms with Crippen LogP contribution in [0.1, 0.15) is 19.8 Å². The van der Waals surface area contributed by atoms with Gasteiger partial charge < -0.3 is 15.0 Å². The molecule has 1 aliphatic rings. The van der Waals surface area contributed by atoms with Gasteiger partial charge in [-0.3, -0.25) is 0 Å². The largest absolute Gasteiger partial charge is 0.495 e. The van der Waals surface area contributed by atoms with Crippen molar-refractivity contribution in [2.24, 2.45) is 5.92 Å². The van der Waals surface area contributed by atoms with E-state index < -0.39 is 0 Å². The second kappa shape index (κ2) is 7.01. The molecule has 1 N–H and O–H groups in total. The first-order chi connectivity index (χ1) is 9.19. The molecule has 1 aromatic rings. The molecule has 1 aliphatic heterocycles. The zero-order chi connectivity index (χ0) is 13.7. The maximum atomic E-state index is 6.01. The molecular weight excluding hydrogens is 260 g/mol. The standard InChI is InChI=1S/C15H23ClN2O/c1-12-5-8-18(9-6-12)10-7-17-14-11-13(16)3-4-15(14)19-2/h3-4,11-12,17H,5-10H2,1-2H3. The van der Waals surface area contributed by atoms with Crippen LogP contribution in [-0.4, -0.2) is 38.2 Å². The van der Waals surface area contributed by atoms with E-state index in [1.54, 1.807) is 7.11 Å². The molecule has 2 rings (SSSR count). The van der Waals surface area contributed by atoms with Crippen LogP contribution in [0.3, 0.4) is 0 Å². The molecule has 0 saturated carbocycles. The first kappa shape index (κ1) is 14.5. The molecule has 0 aliphatic carbocycles. The summed E-state index contributed by atoms with van der Waals surface area (Å²) in [4.78, 5) is 2.52. The van der Waals surface area contributed by atoms with Crippen LogP contribution in [0.2, 0.25) is 5.02 Å². The molecule has 1 heterocycles. The fourth-order valence-electron chi connectivity index (χ4n) is 2.45. The number of likely N-dealkylation sites (tertiary alicyclic amines) is 1. The molecule has 19 heavy (non-hydrogen) atoms. The van der Waals surface area contributed by atoms with Gasteiger partial charge in [0.1, 0.15) is 5.75 Å². The Bertz CT molecular complexity index is 403. The lowest BCUT2D eigenvalue weighted by molar-refractivity contribution is 0.199. The maximum Gasteiger partial charge on any atom is 0.142 e. The Kier molecular flexibility index (Phi) is 5.34. The molecule has 0 spiro atoms. The Morgan fingerprint density at radius 3 is 2.79 bits per heavy atom. The number of ether oxygens (including phenoxy) is 1. The molecular formula is C15H23ClN2O. The zero-order valence-corrected chi connectivity index (χ0v) is 12.5. The minimum Gasteiger partial charge on any atom is -0.495 e. The molecule has 0 atom stereocenters. The third-order valence-corrected chi connectivity index (χ3v) is 4.02. The minimum atomic E-state index is 0.732. The highest BCUT2D eigenvalue weighted by atomic mass is 35.5. The first-order valence-electron chi connectivity index (χ1n) is 6.99. The SMILES string of the molecule is COc1ccc(Cl)cc1NCCN1CCC(C)CC1. The van der Waals surface area contributed by atoms with Gasteiger partial charge in [-0.05, 0) is 50.0 Å². The van der Waals surface area contributed by atoms with Gasteiger partial charge in [-0.1, -0.05) is 18.5 Å². The van der Waals surface area contributed by atoms with Crippen LogP contribution in [0.4, 0.5) is 5.69 Å². The Morgan fingerprint density at radius 2 is 2.11 bits per heavy atom. The van der Waals surface area contributed by atoms with E-state index in [2.05, 4.69) is 17.1 Å². The molecule has 0 bridgehead atoms. The molecule has 106 valence electrons. The predicted octanol–water partition coefficient (Wildman–Crippen LogP) is 3.49. The molecule has 1 fully saturated rings. The molecule has 1 saturated heterocycles. The summed E-state index contributed by atoms with van der Waals surface area (Å²) >= 11 is 6.01. The summed E-state index contributed by atoms with van der Waals surface area (Å²) in [6.45, 7) is 6.77. The van der Waals surface area contributed by atoms with Crippen LogP contribution in [0.5, 0.6) is 5.75 Å². The van der Waals surface area contributed by atoms with Gasteiger partial charge in [-0.25, -0.2) is 0 Å². The second-order valence-electron chi connectivity index (χ2n) is 5.30. The Morgan fingerprint density at radius 1 is 1.37 bits per heavy atom. The summed E-state index contributed by atoms with van der Waals surface area (Å²) < 4.78 is 5.32. The molecule has 0 unspecified atom stereocenters. The van der Waals surface area contributed by atoms with E-state index in [0.29, 0.717) is 0 Å². The lowest BCUT2D eigenvalue weighted by Gasteiger charge is -2.30. The van der Waals surface area contributed by atoms with Crippen LogP contribution >= 0.6 is 11.6 Å². The van der Waals surface area contributed by atoms with Crippen molar-refractivity contribution in [2.75, 3.05) is 38.6 Å². The van der Waals surface area contributed by atoms with Crippen molar-refractivity contribution in [3.8, 4) is 5.75 Å². The summed E-state index contributed by atoms with van der Waals surface area (Å²) in [5.41, 5.74) is 0.973. The number of nitrogens with zero attached hydrogens (tertiary/aromatic N) is 1. The number of piperidine rings is 1. The van der Waals surface area contributed by atoms with Crippen molar-refractivity contribution in [1.29, 1.82) is 0 Å². The molecule has 0 amide bonds. The Balaban J connectivity index is 1.80. The number of hydrogen-bond acceptors (Lipinski definition) is 3. The zero-order valence-electron chi connectivity index (χ0n) is 11.8. The topological polar surface area (TPSA) is 24.5 Å². The lowest BCUT2D eigenvalue weighted by atomic mass is 9.99. The van der Waals surface area contributed by atoms with Crippen molar-refractivity contribution in [1.82, 2.24) is 4.90 Å². The number of hydrogen-bond donors (Lipinski definition) is 1. The van der Waals surface area contributed by atoms with Crippen LogP contribution in [0.15, 0.2) is 18.2 Å². The predicted molar refractivity (Wildman–Crippen MR) is 81.3 cm³/mol. The van der Waals surface area contributed by atoms with Crippen LogP contribution in [0.25, 0.3) is 0 Å².